The summed E-state index contributed by atoms with van der Waals surface area (Å²) in [7, 11) is 1.88. The normalized spacial score (nSPS) is 10.3. The van der Waals surface area contributed by atoms with Crippen molar-refractivity contribution in [3.63, 3.8) is 0 Å². The van der Waals surface area contributed by atoms with E-state index in [0.29, 0.717) is 16.7 Å². The van der Waals surface area contributed by atoms with E-state index in [1.807, 2.05) is 13.1 Å². The highest BCUT2D eigenvalue weighted by Crippen LogP contribution is 2.11. The van der Waals surface area contributed by atoms with Crippen LogP contribution in [0.25, 0.3) is 0 Å². The minimum Gasteiger partial charge on any atom is -0.352 e. The number of nitrogens with zero attached hydrogens (tertiary/aromatic N) is 3. The van der Waals surface area contributed by atoms with Crippen LogP contribution < -0.4 is 5.32 Å². The van der Waals surface area contributed by atoms with E-state index in [1.54, 1.807) is 29.2 Å². The second-order valence-corrected chi connectivity index (χ2v) is 4.54. The first-order valence-corrected chi connectivity index (χ1v) is 6.33. The molecule has 0 saturated heterocycles. The summed E-state index contributed by atoms with van der Waals surface area (Å²) in [6.45, 7) is 0.569. The summed E-state index contributed by atoms with van der Waals surface area (Å²) in [5, 5.41) is 6.93. The van der Waals surface area contributed by atoms with Crippen LogP contribution in [0.2, 0.25) is 0 Å². The molecule has 94 valence electrons. The average molecular weight is 309 g/mol. The number of hydrogen-bond acceptors (Lipinski definition) is 3. The maximum atomic E-state index is 11.9. The Morgan fingerprint density at radius 3 is 2.94 bits per heavy atom. The van der Waals surface area contributed by atoms with E-state index < -0.39 is 0 Å². The molecule has 0 aromatic carbocycles. The standard InChI is InChI=1S/C12H13BrN4O/c1-17-9(5-8-16-17)4-7-15-12(18)10-3-2-6-14-11(10)13/h2-3,5-6,8H,4,7H2,1H3,(H,15,18). The molecule has 0 fully saturated rings. The molecule has 0 bridgehead atoms. The Morgan fingerprint density at radius 2 is 2.28 bits per heavy atom. The van der Waals surface area contributed by atoms with Gasteiger partial charge in [-0.05, 0) is 34.1 Å². The molecular formula is C12H13BrN4O. The molecule has 0 saturated carbocycles. The molecule has 0 spiro atoms. The van der Waals surface area contributed by atoms with E-state index >= 15 is 0 Å². The van der Waals surface area contributed by atoms with Crippen LogP contribution in [0.1, 0.15) is 16.1 Å². The summed E-state index contributed by atoms with van der Waals surface area (Å²) >= 11 is 3.25. The van der Waals surface area contributed by atoms with E-state index in [0.717, 1.165) is 12.1 Å². The van der Waals surface area contributed by atoms with Gasteiger partial charge in [0.2, 0.25) is 0 Å². The number of rotatable bonds is 4. The Labute approximate surface area is 113 Å². The minimum absolute atomic E-state index is 0.128. The van der Waals surface area contributed by atoms with E-state index in [2.05, 4.69) is 31.3 Å². The fraction of sp³-hybridized carbons (Fsp3) is 0.250. The highest BCUT2D eigenvalue weighted by atomic mass is 79.9. The first kappa shape index (κ1) is 12.8. The fourth-order valence-electron chi connectivity index (χ4n) is 1.60. The second kappa shape index (κ2) is 5.77. The molecule has 0 unspecified atom stereocenters. The molecule has 2 aromatic heterocycles. The second-order valence-electron chi connectivity index (χ2n) is 3.79. The minimum atomic E-state index is -0.128. The van der Waals surface area contributed by atoms with Crippen molar-refractivity contribution in [2.24, 2.45) is 7.05 Å². The van der Waals surface area contributed by atoms with Crippen LogP contribution >= 0.6 is 15.9 Å². The molecule has 2 heterocycles. The third-order valence-corrected chi connectivity index (χ3v) is 3.22. The van der Waals surface area contributed by atoms with Crippen molar-refractivity contribution in [1.29, 1.82) is 0 Å². The predicted octanol–water partition coefficient (Wildman–Crippen LogP) is 1.55. The maximum absolute atomic E-state index is 11.9. The van der Waals surface area contributed by atoms with Crippen molar-refractivity contribution in [3.8, 4) is 0 Å². The number of pyridine rings is 1. The van der Waals surface area contributed by atoms with Crippen LogP contribution in [0, 0.1) is 0 Å². The number of hydrogen-bond donors (Lipinski definition) is 1. The Bertz CT molecular complexity index is 553. The van der Waals surface area contributed by atoms with Crippen LogP contribution in [-0.4, -0.2) is 27.2 Å². The maximum Gasteiger partial charge on any atom is 0.254 e. The smallest absolute Gasteiger partial charge is 0.254 e. The van der Waals surface area contributed by atoms with Crippen LogP contribution in [0.15, 0.2) is 35.2 Å². The molecule has 0 radical (unpaired) electrons. The lowest BCUT2D eigenvalue weighted by atomic mass is 10.2. The van der Waals surface area contributed by atoms with E-state index in [-0.39, 0.29) is 5.91 Å². The SMILES string of the molecule is Cn1nccc1CCNC(=O)c1cccnc1Br. The van der Waals surface area contributed by atoms with Gasteiger partial charge in [0, 0.05) is 38.1 Å². The van der Waals surface area contributed by atoms with Gasteiger partial charge in [0.1, 0.15) is 4.60 Å². The summed E-state index contributed by atoms with van der Waals surface area (Å²) < 4.78 is 2.36. The largest absolute Gasteiger partial charge is 0.352 e. The zero-order valence-corrected chi connectivity index (χ0v) is 11.5. The van der Waals surface area contributed by atoms with E-state index in [9.17, 15) is 4.79 Å². The Hall–Kier alpha value is -1.69. The molecule has 6 heteroatoms. The number of aryl methyl sites for hydroxylation is 1. The molecule has 2 rings (SSSR count). The van der Waals surface area contributed by atoms with Crippen LogP contribution in [-0.2, 0) is 13.5 Å². The van der Waals surface area contributed by atoms with Gasteiger partial charge in [-0.3, -0.25) is 9.48 Å². The van der Waals surface area contributed by atoms with Gasteiger partial charge >= 0.3 is 0 Å². The highest BCUT2D eigenvalue weighted by molar-refractivity contribution is 9.10. The Kier molecular flexibility index (Phi) is 4.09. The van der Waals surface area contributed by atoms with Gasteiger partial charge in [0.05, 0.1) is 5.56 Å². The third-order valence-electron chi connectivity index (χ3n) is 2.59. The van der Waals surface area contributed by atoms with Gasteiger partial charge in [-0.25, -0.2) is 4.98 Å². The molecule has 0 aliphatic carbocycles. The number of halogens is 1. The number of nitrogens with one attached hydrogen (secondary N) is 1. The lowest BCUT2D eigenvalue weighted by Gasteiger charge is -2.06. The van der Waals surface area contributed by atoms with E-state index in [4.69, 9.17) is 0 Å². The Balaban J connectivity index is 1.90. The summed E-state index contributed by atoms with van der Waals surface area (Å²) in [5.74, 6) is -0.128. The number of aromatic nitrogens is 3. The summed E-state index contributed by atoms with van der Waals surface area (Å²) in [4.78, 5) is 15.9. The van der Waals surface area contributed by atoms with Gasteiger partial charge < -0.3 is 5.32 Å². The fourth-order valence-corrected chi connectivity index (χ4v) is 2.03. The summed E-state index contributed by atoms with van der Waals surface area (Å²) in [5.41, 5.74) is 1.63. The number of amides is 1. The molecule has 0 atom stereocenters. The lowest BCUT2D eigenvalue weighted by Crippen LogP contribution is -2.26. The summed E-state index contributed by atoms with van der Waals surface area (Å²) in [6, 6.07) is 5.41. The van der Waals surface area contributed by atoms with Gasteiger partial charge in [-0.15, -0.1) is 0 Å². The Morgan fingerprint density at radius 1 is 1.44 bits per heavy atom. The van der Waals surface area contributed by atoms with Crippen molar-refractivity contribution in [2.75, 3.05) is 6.54 Å². The van der Waals surface area contributed by atoms with Gasteiger partial charge in [0.25, 0.3) is 5.91 Å². The number of carbonyl (C=O) groups is 1. The lowest BCUT2D eigenvalue weighted by molar-refractivity contribution is 0.0952. The monoisotopic (exact) mass is 308 g/mol. The third kappa shape index (κ3) is 2.95. The zero-order chi connectivity index (χ0) is 13.0. The van der Waals surface area contributed by atoms with Crippen molar-refractivity contribution < 1.29 is 4.79 Å². The van der Waals surface area contributed by atoms with Crippen molar-refractivity contribution >= 4 is 21.8 Å². The van der Waals surface area contributed by atoms with Crippen LogP contribution in [0.3, 0.4) is 0 Å². The first-order chi connectivity index (χ1) is 8.68. The van der Waals surface area contributed by atoms with Crippen molar-refractivity contribution in [2.45, 2.75) is 6.42 Å². The van der Waals surface area contributed by atoms with Gasteiger partial charge in [-0.2, -0.15) is 5.10 Å². The molecule has 18 heavy (non-hydrogen) atoms. The highest BCUT2D eigenvalue weighted by Gasteiger charge is 2.09. The van der Waals surface area contributed by atoms with Crippen LogP contribution in [0.4, 0.5) is 0 Å². The first-order valence-electron chi connectivity index (χ1n) is 5.54. The molecule has 0 aliphatic heterocycles. The van der Waals surface area contributed by atoms with Crippen molar-refractivity contribution in [1.82, 2.24) is 20.1 Å². The number of carbonyl (C=O) groups excluding carboxylic acids is 1. The summed E-state index contributed by atoms with van der Waals surface area (Å²) in [6.07, 6.45) is 4.13. The van der Waals surface area contributed by atoms with E-state index in [1.165, 1.54) is 0 Å². The molecular weight excluding hydrogens is 296 g/mol. The quantitative estimate of drug-likeness (QED) is 0.872. The topological polar surface area (TPSA) is 59.8 Å². The molecule has 2 aromatic rings. The van der Waals surface area contributed by atoms with Crippen LogP contribution in [0.5, 0.6) is 0 Å². The predicted molar refractivity (Wildman–Crippen MR) is 71.2 cm³/mol. The molecule has 1 amide bonds. The average Bonchev–Trinajstić information content (AvgIpc) is 2.75. The molecule has 0 aliphatic rings. The van der Waals surface area contributed by atoms with Crippen molar-refractivity contribution in [3.05, 3.63) is 46.5 Å². The van der Waals surface area contributed by atoms with Gasteiger partial charge in [-0.1, -0.05) is 0 Å². The molecule has 1 N–H and O–H groups in total. The molecule has 5 nitrogen and oxygen atoms in total. The zero-order valence-electron chi connectivity index (χ0n) is 9.93. The van der Waals surface area contributed by atoms with Gasteiger partial charge in [0.15, 0.2) is 0 Å².